The number of rotatable bonds is 4. The van der Waals surface area contributed by atoms with Gasteiger partial charge in [0.1, 0.15) is 11.6 Å². The molecule has 0 saturated carbocycles. The molecule has 0 fully saturated rings. The first-order chi connectivity index (χ1) is 9.95. The molecule has 0 aromatic heterocycles. The molecule has 6 heteroatoms. The van der Waals surface area contributed by atoms with E-state index in [2.05, 4.69) is 5.32 Å². The minimum Gasteiger partial charge on any atom is -0.484 e. The first kappa shape index (κ1) is 15.6. The molecule has 0 saturated heterocycles. The fourth-order valence-corrected chi connectivity index (χ4v) is 2.07. The molecule has 0 bridgehead atoms. The molecule has 1 amide bonds. The van der Waals surface area contributed by atoms with Crippen LogP contribution in [0.1, 0.15) is 5.56 Å². The van der Waals surface area contributed by atoms with Gasteiger partial charge >= 0.3 is 0 Å². The Labute approximate surface area is 131 Å². The maximum absolute atomic E-state index is 13.0. The van der Waals surface area contributed by atoms with Crippen molar-refractivity contribution in [2.45, 2.75) is 6.92 Å². The molecule has 21 heavy (non-hydrogen) atoms. The molecule has 2 aromatic carbocycles. The van der Waals surface area contributed by atoms with Gasteiger partial charge in [-0.2, -0.15) is 0 Å². The van der Waals surface area contributed by atoms with Crippen molar-refractivity contribution in [2.24, 2.45) is 0 Å². The molecule has 110 valence electrons. The topological polar surface area (TPSA) is 38.3 Å². The van der Waals surface area contributed by atoms with Crippen LogP contribution >= 0.6 is 23.2 Å². The van der Waals surface area contributed by atoms with Gasteiger partial charge in [-0.1, -0.05) is 23.2 Å². The van der Waals surface area contributed by atoms with Crippen molar-refractivity contribution in [3.05, 3.63) is 57.8 Å². The van der Waals surface area contributed by atoms with E-state index in [9.17, 15) is 9.18 Å². The van der Waals surface area contributed by atoms with Gasteiger partial charge < -0.3 is 10.1 Å². The predicted molar refractivity (Wildman–Crippen MR) is 81.7 cm³/mol. The lowest BCUT2D eigenvalue weighted by molar-refractivity contribution is -0.118. The highest BCUT2D eigenvalue weighted by molar-refractivity contribution is 6.31. The van der Waals surface area contributed by atoms with Crippen LogP contribution in [0.5, 0.6) is 5.75 Å². The van der Waals surface area contributed by atoms with Crippen molar-refractivity contribution >= 4 is 34.8 Å². The van der Waals surface area contributed by atoms with Gasteiger partial charge in [-0.3, -0.25) is 4.79 Å². The normalized spacial score (nSPS) is 10.3. The van der Waals surface area contributed by atoms with Gasteiger partial charge in [0.2, 0.25) is 0 Å². The molecule has 1 N–H and O–H groups in total. The first-order valence-electron chi connectivity index (χ1n) is 6.09. The van der Waals surface area contributed by atoms with Gasteiger partial charge in [0.15, 0.2) is 6.61 Å². The number of carbonyl (C=O) groups excluding carboxylic acids is 1. The number of halogens is 3. The van der Waals surface area contributed by atoms with Crippen molar-refractivity contribution in [2.75, 3.05) is 11.9 Å². The number of hydrogen-bond acceptors (Lipinski definition) is 2. The molecule has 0 radical (unpaired) electrons. The number of amides is 1. The van der Waals surface area contributed by atoms with Crippen LogP contribution in [0.25, 0.3) is 0 Å². The molecule has 0 unspecified atom stereocenters. The van der Waals surface area contributed by atoms with E-state index < -0.39 is 5.82 Å². The Morgan fingerprint density at radius 3 is 2.67 bits per heavy atom. The van der Waals surface area contributed by atoms with Gasteiger partial charge in [0, 0.05) is 16.8 Å². The summed E-state index contributed by atoms with van der Waals surface area (Å²) in [6.07, 6.45) is 0. The van der Waals surface area contributed by atoms with E-state index >= 15 is 0 Å². The van der Waals surface area contributed by atoms with E-state index in [1.54, 1.807) is 18.2 Å². The summed E-state index contributed by atoms with van der Waals surface area (Å²) in [5.41, 5.74) is 1.51. The second kappa shape index (κ2) is 6.78. The average Bonchev–Trinajstić information content (AvgIpc) is 2.43. The highest BCUT2D eigenvalue weighted by Crippen LogP contribution is 2.22. The minimum absolute atomic E-state index is 0.0542. The lowest BCUT2D eigenvalue weighted by Gasteiger charge is -2.10. The number of hydrogen-bond donors (Lipinski definition) is 1. The summed E-state index contributed by atoms with van der Waals surface area (Å²) >= 11 is 11.5. The highest BCUT2D eigenvalue weighted by Gasteiger charge is 2.07. The maximum Gasteiger partial charge on any atom is 0.262 e. The highest BCUT2D eigenvalue weighted by atomic mass is 35.5. The van der Waals surface area contributed by atoms with Gasteiger partial charge in [0.05, 0.1) is 5.02 Å². The van der Waals surface area contributed by atoms with Crippen molar-refractivity contribution in [3.63, 3.8) is 0 Å². The summed E-state index contributed by atoms with van der Waals surface area (Å²) in [4.78, 5) is 11.8. The van der Waals surface area contributed by atoms with Crippen molar-refractivity contribution in [1.29, 1.82) is 0 Å². The van der Waals surface area contributed by atoms with E-state index in [4.69, 9.17) is 27.9 Å². The van der Waals surface area contributed by atoms with Crippen LogP contribution in [-0.2, 0) is 4.79 Å². The number of carbonyl (C=O) groups is 1. The number of nitrogens with one attached hydrogen (secondary N) is 1. The van der Waals surface area contributed by atoms with E-state index in [-0.39, 0.29) is 17.5 Å². The van der Waals surface area contributed by atoms with Crippen LogP contribution in [0, 0.1) is 12.7 Å². The van der Waals surface area contributed by atoms with E-state index in [0.29, 0.717) is 16.5 Å². The third kappa shape index (κ3) is 4.34. The zero-order valence-corrected chi connectivity index (χ0v) is 12.6. The fraction of sp³-hybridized carbons (Fsp3) is 0.133. The Hall–Kier alpha value is -1.78. The number of anilines is 1. The molecule has 3 nitrogen and oxygen atoms in total. The van der Waals surface area contributed by atoms with Crippen LogP contribution < -0.4 is 10.1 Å². The molecule has 0 heterocycles. The molecular formula is C15H12Cl2FNO2. The Balaban J connectivity index is 1.94. The number of ether oxygens (including phenoxy) is 1. The van der Waals surface area contributed by atoms with Gasteiger partial charge in [-0.05, 0) is 42.8 Å². The van der Waals surface area contributed by atoms with Gasteiger partial charge in [-0.25, -0.2) is 4.39 Å². The smallest absolute Gasteiger partial charge is 0.262 e. The average molecular weight is 328 g/mol. The number of aryl methyl sites for hydroxylation is 1. The van der Waals surface area contributed by atoms with Crippen LogP contribution in [0.15, 0.2) is 36.4 Å². The molecule has 0 spiro atoms. The Kier molecular flexibility index (Phi) is 5.04. The second-order valence-electron chi connectivity index (χ2n) is 4.37. The third-order valence-corrected chi connectivity index (χ3v) is 3.25. The molecule has 2 aromatic rings. The quantitative estimate of drug-likeness (QED) is 0.900. The van der Waals surface area contributed by atoms with Gasteiger partial charge in [0.25, 0.3) is 5.91 Å². The SMILES string of the molecule is Cc1cc(Cl)ccc1NC(=O)COc1ccc(F)c(Cl)c1. The lowest BCUT2D eigenvalue weighted by Crippen LogP contribution is -2.20. The van der Waals surface area contributed by atoms with E-state index in [0.717, 1.165) is 5.56 Å². The van der Waals surface area contributed by atoms with Crippen LogP contribution in [-0.4, -0.2) is 12.5 Å². The summed E-state index contributed by atoms with van der Waals surface area (Å²) < 4.78 is 18.2. The van der Waals surface area contributed by atoms with Crippen LogP contribution in [0.4, 0.5) is 10.1 Å². The molecule has 0 aliphatic heterocycles. The Morgan fingerprint density at radius 1 is 1.24 bits per heavy atom. The summed E-state index contributed by atoms with van der Waals surface area (Å²) in [7, 11) is 0. The Bertz CT molecular complexity index is 677. The number of benzene rings is 2. The third-order valence-electron chi connectivity index (χ3n) is 2.72. The van der Waals surface area contributed by atoms with E-state index in [1.165, 1.54) is 18.2 Å². The van der Waals surface area contributed by atoms with Crippen molar-refractivity contribution < 1.29 is 13.9 Å². The zero-order valence-electron chi connectivity index (χ0n) is 11.1. The second-order valence-corrected chi connectivity index (χ2v) is 5.22. The molecular weight excluding hydrogens is 316 g/mol. The monoisotopic (exact) mass is 327 g/mol. The summed E-state index contributed by atoms with van der Waals surface area (Å²) in [6.45, 7) is 1.63. The predicted octanol–water partition coefficient (Wildman–Crippen LogP) is 4.46. The maximum atomic E-state index is 13.0. The standard InChI is InChI=1S/C15H12Cl2FNO2/c1-9-6-10(16)2-5-14(9)19-15(20)8-21-11-3-4-13(18)12(17)7-11/h2-7H,8H2,1H3,(H,19,20). The van der Waals surface area contributed by atoms with Crippen molar-refractivity contribution in [3.8, 4) is 5.75 Å². The largest absolute Gasteiger partial charge is 0.484 e. The molecule has 0 aliphatic rings. The Morgan fingerprint density at radius 2 is 2.00 bits per heavy atom. The molecule has 0 aliphatic carbocycles. The first-order valence-corrected chi connectivity index (χ1v) is 6.85. The van der Waals surface area contributed by atoms with Crippen LogP contribution in [0.2, 0.25) is 10.0 Å². The van der Waals surface area contributed by atoms with Gasteiger partial charge in [-0.15, -0.1) is 0 Å². The fourth-order valence-electron chi connectivity index (χ4n) is 1.67. The summed E-state index contributed by atoms with van der Waals surface area (Å²) in [5.74, 6) is -0.546. The molecule has 2 rings (SSSR count). The molecule has 0 atom stereocenters. The van der Waals surface area contributed by atoms with Crippen molar-refractivity contribution in [1.82, 2.24) is 0 Å². The van der Waals surface area contributed by atoms with E-state index in [1.807, 2.05) is 6.92 Å². The summed E-state index contributed by atoms with van der Waals surface area (Å²) in [6, 6.07) is 9.05. The zero-order chi connectivity index (χ0) is 15.4. The minimum atomic E-state index is -0.537. The van der Waals surface area contributed by atoms with Crippen LogP contribution in [0.3, 0.4) is 0 Å². The summed E-state index contributed by atoms with van der Waals surface area (Å²) in [5, 5.41) is 3.25. The lowest BCUT2D eigenvalue weighted by atomic mass is 10.2.